The summed E-state index contributed by atoms with van der Waals surface area (Å²) < 4.78 is 0. The van der Waals surface area contributed by atoms with Crippen LogP contribution in [0.3, 0.4) is 0 Å². The van der Waals surface area contributed by atoms with Crippen molar-refractivity contribution in [2.45, 2.75) is 31.8 Å². The Morgan fingerprint density at radius 1 is 1.29 bits per heavy atom. The minimum atomic E-state index is -0.771. The molecular weight excluding hydrogens is 238 g/mol. The Morgan fingerprint density at radius 3 is 2.47 bits per heavy atom. The summed E-state index contributed by atoms with van der Waals surface area (Å²) in [7, 11) is 0. The topological polar surface area (TPSA) is 57.6 Å². The largest absolute Gasteiger partial charge is 0.387 e. The summed E-state index contributed by atoms with van der Waals surface area (Å²) in [5.41, 5.74) is 0.764. The Morgan fingerprint density at radius 2 is 1.94 bits per heavy atom. The smallest absolute Gasteiger partial charge is 0.229 e. The molecule has 2 amide bonds. The van der Waals surface area contributed by atoms with Crippen LogP contribution in [0.2, 0.25) is 0 Å². The molecule has 2 rings (SSSR count). The molecule has 2 heterocycles. The van der Waals surface area contributed by atoms with Crippen LogP contribution in [0.1, 0.15) is 37.4 Å². The molecule has 0 saturated carbocycles. The van der Waals surface area contributed by atoms with Crippen molar-refractivity contribution in [2.24, 2.45) is 0 Å². The van der Waals surface area contributed by atoms with Gasteiger partial charge in [0.25, 0.3) is 0 Å². The van der Waals surface area contributed by atoms with Gasteiger partial charge in [0.05, 0.1) is 12.6 Å². The van der Waals surface area contributed by atoms with E-state index >= 15 is 0 Å². The molecule has 1 aliphatic rings. The van der Waals surface area contributed by atoms with Crippen LogP contribution in [-0.4, -0.2) is 28.4 Å². The lowest BCUT2D eigenvalue weighted by atomic mass is 10.2. The van der Waals surface area contributed by atoms with E-state index in [0.717, 1.165) is 18.4 Å². The number of likely N-dealkylation sites (tertiary alicyclic amines) is 1. The van der Waals surface area contributed by atoms with E-state index in [1.807, 2.05) is 16.8 Å². The first kappa shape index (κ1) is 12.3. The average molecular weight is 253 g/mol. The van der Waals surface area contributed by atoms with Gasteiger partial charge < -0.3 is 5.11 Å². The molecule has 17 heavy (non-hydrogen) atoms. The Kier molecular flexibility index (Phi) is 3.91. The van der Waals surface area contributed by atoms with Crippen LogP contribution in [0.4, 0.5) is 0 Å². The second kappa shape index (κ2) is 5.42. The predicted octanol–water partition coefficient (Wildman–Crippen LogP) is 1.71. The van der Waals surface area contributed by atoms with E-state index in [2.05, 4.69) is 0 Å². The van der Waals surface area contributed by atoms with Crippen molar-refractivity contribution in [3.8, 4) is 0 Å². The van der Waals surface area contributed by atoms with Gasteiger partial charge in [0.1, 0.15) is 0 Å². The Bertz CT molecular complexity index is 384. The van der Waals surface area contributed by atoms with Crippen molar-refractivity contribution >= 4 is 23.2 Å². The molecular formula is C12H15NO3S. The monoisotopic (exact) mass is 253 g/mol. The molecule has 4 nitrogen and oxygen atoms in total. The summed E-state index contributed by atoms with van der Waals surface area (Å²) in [6, 6.07) is 1.81. The SMILES string of the molecule is O=C1CCCCC(=O)N1CC(O)c1ccsc1. The van der Waals surface area contributed by atoms with Crippen molar-refractivity contribution < 1.29 is 14.7 Å². The van der Waals surface area contributed by atoms with Crippen molar-refractivity contribution in [3.63, 3.8) is 0 Å². The van der Waals surface area contributed by atoms with Crippen molar-refractivity contribution in [3.05, 3.63) is 22.4 Å². The van der Waals surface area contributed by atoms with Gasteiger partial charge in [-0.25, -0.2) is 0 Å². The summed E-state index contributed by atoms with van der Waals surface area (Å²) in [5, 5.41) is 13.6. The van der Waals surface area contributed by atoms with Crippen molar-refractivity contribution in [1.29, 1.82) is 0 Å². The number of hydrogen-bond donors (Lipinski definition) is 1. The Hall–Kier alpha value is -1.20. The third-order valence-electron chi connectivity index (χ3n) is 2.92. The van der Waals surface area contributed by atoms with Gasteiger partial charge in [-0.05, 0) is 35.2 Å². The van der Waals surface area contributed by atoms with E-state index in [-0.39, 0.29) is 18.4 Å². The van der Waals surface area contributed by atoms with Crippen LogP contribution >= 0.6 is 11.3 Å². The van der Waals surface area contributed by atoms with E-state index in [0.29, 0.717) is 12.8 Å². The van der Waals surface area contributed by atoms with E-state index in [9.17, 15) is 14.7 Å². The number of carbonyl (C=O) groups is 2. The number of carbonyl (C=O) groups excluding carboxylic acids is 2. The predicted molar refractivity (Wildman–Crippen MR) is 64.5 cm³/mol. The number of amides is 2. The highest BCUT2D eigenvalue weighted by molar-refractivity contribution is 7.07. The molecule has 1 aromatic rings. The van der Waals surface area contributed by atoms with E-state index in [4.69, 9.17) is 0 Å². The van der Waals surface area contributed by atoms with Gasteiger partial charge in [-0.2, -0.15) is 11.3 Å². The maximum Gasteiger partial charge on any atom is 0.229 e. The molecule has 1 saturated heterocycles. The molecule has 0 bridgehead atoms. The fourth-order valence-electron chi connectivity index (χ4n) is 1.91. The molecule has 1 atom stereocenters. The first-order valence-electron chi connectivity index (χ1n) is 5.72. The average Bonchev–Trinajstić information content (AvgIpc) is 2.79. The van der Waals surface area contributed by atoms with Crippen LogP contribution in [0.5, 0.6) is 0 Å². The minimum absolute atomic E-state index is 0.0778. The standard InChI is InChI=1S/C12H15NO3S/c14-10(9-5-6-17-8-9)7-13-11(15)3-1-2-4-12(13)16/h5-6,8,10,14H,1-4,7H2. The summed E-state index contributed by atoms with van der Waals surface area (Å²) >= 11 is 1.49. The highest BCUT2D eigenvalue weighted by atomic mass is 32.1. The first-order valence-corrected chi connectivity index (χ1v) is 6.66. The molecule has 0 radical (unpaired) electrons. The lowest BCUT2D eigenvalue weighted by Gasteiger charge is -2.21. The molecule has 1 fully saturated rings. The summed E-state index contributed by atoms with van der Waals surface area (Å²) in [4.78, 5) is 24.7. The fourth-order valence-corrected chi connectivity index (χ4v) is 2.62. The maximum absolute atomic E-state index is 11.7. The molecule has 1 aliphatic heterocycles. The van der Waals surface area contributed by atoms with Gasteiger partial charge in [0.15, 0.2) is 0 Å². The third-order valence-corrected chi connectivity index (χ3v) is 3.62. The zero-order valence-corrected chi connectivity index (χ0v) is 10.3. The van der Waals surface area contributed by atoms with Crippen LogP contribution in [0.15, 0.2) is 16.8 Å². The van der Waals surface area contributed by atoms with Crippen molar-refractivity contribution in [1.82, 2.24) is 4.90 Å². The quantitative estimate of drug-likeness (QED) is 0.834. The first-order chi connectivity index (χ1) is 8.18. The lowest BCUT2D eigenvalue weighted by molar-refractivity contribution is -0.145. The molecule has 0 aromatic carbocycles. The number of aliphatic hydroxyl groups excluding tert-OH is 1. The minimum Gasteiger partial charge on any atom is -0.387 e. The summed E-state index contributed by atoms with van der Waals surface area (Å²) in [6.07, 6.45) is 1.56. The number of aliphatic hydroxyl groups is 1. The van der Waals surface area contributed by atoms with E-state index in [1.165, 1.54) is 16.2 Å². The zero-order valence-electron chi connectivity index (χ0n) is 9.46. The second-order valence-corrected chi connectivity index (χ2v) is 4.96. The normalized spacial score (nSPS) is 19.2. The number of hydrogen-bond acceptors (Lipinski definition) is 4. The maximum atomic E-state index is 11.7. The van der Waals surface area contributed by atoms with Crippen LogP contribution in [-0.2, 0) is 9.59 Å². The third kappa shape index (κ3) is 2.92. The lowest BCUT2D eigenvalue weighted by Crippen LogP contribution is -2.38. The van der Waals surface area contributed by atoms with Gasteiger partial charge in [0.2, 0.25) is 11.8 Å². The Balaban J connectivity index is 2.05. The second-order valence-electron chi connectivity index (χ2n) is 4.18. The van der Waals surface area contributed by atoms with Gasteiger partial charge in [0, 0.05) is 12.8 Å². The molecule has 5 heteroatoms. The van der Waals surface area contributed by atoms with Crippen LogP contribution in [0, 0.1) is 0 Å². The van der Waals surface area contributed by atoms with Crippen LogP contribution < -0.4 is 0 Å². The molecule has 0 spiro atoms. The van der Waals surface area contributed by atoms with E-state index in [1.54, 1.807) is 0 Å². The molecule has 1 aromatic heterocycles. The molecule has 92 valence electrons. The summed E-state index contributed by atoms with van der Waals surface area (Å²) in [5.74, 6) is -0.330. The molecule has 1 N–H and O–H groups in total. The van der Waals surface area contributed by atoms with Crippen LogP contribution in [0.25, 0.3) is 0 Å². The summed E-state index contributed by atoms with van der Waals surface area (Å²) in [6.45, 7) is 0.0778. The van der Waals surface area contributed by atoms with E-state index < -0.39 is 6.10 Å². The molecule has 1 unspecified atom stereocenters. The number of β-amino-alcohol motifs (C(OH)–C–C–N with tert-alkyl or cyclic N) is 1. The van der Waals surface area contributed by atoms with Gasteiger partial charge in [-0.15, -0.1) is 0 Å². The fraction of sp³-hybridized carbons (Fsp3) is 0.500. The molecule has 0 aliphatic carbocycles. The number of imide groups is 1. The van der Waals surface area contributed by atoms with Gasteiger partial charge in [-0.1, -0.05) is 0 Å². The number of thiophene rings is 1. The highest BCUT2D eigenvalue weighted by Gasteiger charge is 2.26. The number of nitrogens with zero attached hydrogens (tertiary/aromatic N) is 1. The van der Waals surface area contributed by atoms with Gasteiger partial charge in [-0.3, -0.25) is 14.5 Å². The number of rotatable bonds is 3. The van der Waals surface area contributed by atoms with Crippen molar-refractivity contribution in [2.75, 3.05) is 6.54 Å². The zero-order chi connectivity index (χ0) is 12.3. The Labute approximate surface area is 104 Å². The van der Waals surface area contributed by atoms with Gasteiger partial charge >= 0.3 is 0 Å². The highest BCUT2D eigenvalue weighted by Crippen LogP contribution is 2.20.